The van der Waals surface area contributed by atoms with E-state index in [0.717, 1.165) is 0 Å². The van der Waals surface area contributed by atoms with E-state index in [1.807, 2.05) is 0 Å². The predicted octanol–water partition coefficient (Wildman–Crippen LogP) is -4.44. The summed E-state index contributed by atoms with van der Waals surface area (Å²) in [5.74, 6) is -3.44. The number of aliphatic imine (C=N–C) groups is 2. The smallest absolute Gasteiger partial charge is 0.326 e. The molecule has 0 bridgehead atoms. The van der Waals surface area contributed by atoms with Gasteiger partial charge in [-0.15, -0.1) is 0 Å². The number of amides is 3. The second-order valence-corrected chi connectivity index (χ2v) is 8.02. The standard InChI is InChI=1S/C20H36N12O5/c21-12(3-1-5-27-19(22)23)16(34)29-9-15(33)31-14(7-11-8-26-10-30-11)17(35)32-13(18(36)37)4-2-6-28-20(24)25/h8,10,12-14H,1-7,9,21H2,(H,26,30)(H,29,34)(H,31,33)(H,32,35)(H,36,37)(H4,22,23,27)(H4,24,25,28). The number of H-pyrrole nitrogens is 1. The third-order valence-electron chi connectivity index (χ3n) is 4.92. The number of nitrogens with zero attached hydrogens (tertiary/aromatic N) is 3. The number of guanidine groups is 2. The average Bonchev–Trinajstić information content (AvgIpc) is 3.34. The van der Waals surface area contributed by atoms with Crippen LogP contribution in [0, 0.1) is 0 Å². The van der Waals surface area contributed by atoms with Gasteiger partial charge in [-0.2, -0.15) is 0 Å². The summed E-state index contributed by atoms with van der Waals surface area (Å²) in [6.45, 7) is 0.0420. The van der Waals surface area contributed by atoms with Crippen molar-refractivity contribution in [1.29, 1.82) is 0 Å². The number of aromatic nitrogens is 2. The van der Waals surface area contributed by atoms with Crippen LogP contribution in [0.15, 0.2) is 22.5 Å². The monoisotopic (exact) mass is 524 g/mol. The number of hydrogen-bond donors (Lipinski definition) is 10. The molecule has 206 valence electrons. The molecular weight excluding hydrogens is 488 g/mol. The molecule has 0 radical (unpaired) electrons. The van der Waals surface area contributed by atoms with Crippen LogP contribution >= 0.6 is 0 Å². The molecule has 0 aliphatic carbocycles. The van der Waals surface area contributed by atoms with E-state index in [4.69, 9.17) is 28.7 Å². The van der Waals surface area contributed by atoms with Crippen LogP contribution in [0.4, 0.5) is 0 Å². The Hall–Kier alpha value is -4.41. The Morgan fingerprint density at radius 1 is 0.946 bits per heavy atom. The largest absolute Gasteiger partial charge is 0.480 e. The second kappa shape index (κ2) is 16.3. The number of aliphatic carboxylic acids is 1. The maximum Gasteiger partial charge on any atom is 0.326 e. The average molecular weight is 525 g/mol. The van der Waals surface area contributed by atoms with Crippen molar-refractivity contribution >= 4 is 35.6 Å². The van der Waals surface area contributed by atoms with Crippen LogP contribution in [-0.4, -0.2) is 88.4 Å². The Morgan fingerprint density at radius 3 is 2.11 bits per heavy atom. The quantitative estimate of drug-likeness (QED) is 0.0526. The van der Waals surface area contributed by atoms with Crippen LogP contribution in [0.1, 0.15) is 31.4 Å². The lowest BCUT2D eigenvalue weighted by Crippen LogP contribution is -2.54. The number of rotatable bonds is 17. The fourth-order valence-corrected chi connectivity index (χ4v) is 3.05. The first-order chi connectivity index (χ1) is 17.5. The van der Waals surface area contributed by atoms with Crippen molar-refractivity contribution in [3.05, 3.63) is 18.2 Å². The fraction of sp³-hybridized carbons (Fsp3) is 0.550. The first-order valence-corrected chi connectivity index (χ1v) is 11.4. The molecule has 0 spiro atoms. The van der Waals surface area contributed by atoms with Crippen molar-refractivity contribution in [3.8, 4) is 0 Å². The van der Waals surface area contributed by atoms with E-state index < -0.39 is 48.4 Å². The number of hydrogen-bond acceptors (Lipinski definition) is 8. The topological polar surface area (TPSA) is 308 Å². The van der Waals surface area contributed by atoms with Gasteiger partial charge in [0.2, 0.25) is 17.7 Å². The number of aromatic amines is 1. The van der Waals surface area contributed by atoms with E-state index in [-0.39, 0.29) is 37.7 Å². The third-order valence-corrected chi connectivity index (χ3v) is 4.92. The van der Waals surface area contributed by atoms with Crippen LogP contribution in [-0.2, 0) is 25.6 Å². The SMILES string of the molecule is NC(N)=NCCCC(N)C(=O)NCC(=O)NC(Cc1cnc[nH]1)C(=O)NC(CCCN=C(N)N)C(=O)O. The second-order valence-electron chi connectivity index (χ2n) is 8.02. The van der Waals surface area contributed by atoms with Crippen molar-refractivity contribution in [2.75, 3.05) is 19.6 Å². The van der Waals surface area contributed by atoms with Gasteiger partial charge in [0.05, 0.1) is 18.9 Å². The number of carbonyl (C=O) groups is 4. The summed E-state index contributed by atoms with van der Waals surface area (Å²) in [4.78, 5) is 63.4. The van der Waals surface area contributed by atoms with Gasteiger partial charge in [-0.1, -0.05) is 0 Å². The summed E-state index contributed by atoms with van der Waals surface area (Å²) in [6.07, 6.45) is 3.95. The van der Waals surface area contributed by atoms with Crippen LogP contribution in [0.25, 0.3) is 0 Å². The Morgan fingerprint density at radius 2 is 1.57 bits per heavy atom. The van der Waals surface area contributed by atoms with Crippen molar-refractivity contribution < 1.29 is 24.3 Å². The van der Waals surface area contributed by atoms with Crippen LogP contribution in [0.5, 0.6) is 0 Å². The molecule has 3 atom stereocenters. The molecule has 0 aromatic carbocycles. The Labute approximate surface area is 213 Å². The molecule has 17 nitrogen and oxygen atoms in total. The zero-order chi connectivity index (χ0) is 27.8. The van der Waals surface area contributed by atoms with E-state index in [1.54, 1.807) is 0 Å². The van der Waals surface area contributed by atoms with Gasteiger partial charge in [-0.05, 0) is 25.7 Å². The molecule has 17 heteroatoms. The van der Waals surface area contributed by atoms with Crippen LogP contribution in [0.3, 0.4) is 0 Å². The van der Waals surface area contributed by atoms with Crippen molar-refractivity contribution in [3.63, 3.8) is 0 Å². The predicted molar refractivity (Wildman–Crippen MR) is 135 cm³/mol. The van der Waals surface area contributed by atoms with Crippen LogP contribution in [0.2, 0.25) is 0 Å². The maximum atomic E-state index is 12.9. The summed E-state index contributed by atoms with van der Waals surface area (Å²) < 4.78 is 0. The molecule has 0 saturated carbocycles. The molecule has 15 N–H and O–H groups in total. The maximum absolute atomic E-state index is 12.9. The molecule has 1 aromatic rings. The number of carboxylic acid groups (broad SMARTS) is 1. The number of carbonyl (C=O) groups excluding carboxylic acids is 3. The highest BCUT2D eigenvalue weighted by atomic mass is 16.4. The van der Waals surface area contributed by atoms with E-state index in [1.165, 1.54) is 12.5 Å². The molecule has 0 aliphatic rings. The van der Waals surface area contributed by atoms with Gasteiger partial charge in [0.25, 0.3) is 0 Å². The minimum Gasteiger partial charge on any atom is -0.480 e. The Kier molecular flexibility index (Phi) is 13.5. The molecule has 3 unspecified atom stereocenters. The molecular formula is C20H36N12O5. The zero-order valence-electron chi connectivity index (χ0n) is 20.4. The highest BCUT2D eigenvalue weighted by Gasteiger charge is 2.27. The lowest BCUT2D eigenvalue weighted by atomic mass is 10.1. The minimum absolute atomic E-state index is 0.00380. The van der Waals surface area contributed by atoms with Crippen molar-refractivity contribution in [1.82, 2.24) is 25.9 Å². The molecule has 0 saturated heterocycles. The molecule has 1 aromatic heterocycles. The van der Waals surface area contributed by atoms with Crippen molar-refractivity contribution in [2.45, 2.75) is 50.2 Å². The molecule has 3 amide bonds. The van der Waals surface area contributed by atoms with Crippen LogP contribution < -0.4 is 44.6 Å². The summed E-state index contributed by atoms with van der Waals surface area (Å²) >= 11 is 0. The van der Waals surface area contributed by atoms with Gasteiger partial charge in [-0.25, -0.2) is 9.78 Å². The van der Waals surface area contributed by atoms with E-state index in [9.17, 15) is 24.3 Å². The van der Waals surface area contributed by atoms with Gasteiger partial charge in [-0.3, -0.25) is 24.4 Å². The first-order valence-electron chi connectivity index (χ1n) is 11.4. The highest BCUT2D eigenvalue weighted by Crippen LogP contribution is 2.03. The molecule has 1 heterocycles. The summed E-state index contributed by atoms with van der Waals surface area (Å²) in [7, 11) is 0. The minimum atomic E-state index is -1.26. The van der Waals surface area contributed by atoms with E-state index in [0.29, 0.717) is 25.1 Å². The lowest BCUT2D eigenvalue weighted by molar-refractivity contribution is -0.142. The Balaban J connectivity index is 2.69. The molecule has 0 aliphatic heterocycles. The lowest BCUT2D eigenvalue weighted by Gasteiger charge is -2.21. The molecule has 37 heavy (non-hydrogen) atoms. The van der Waals surface area contributed by atoms with Crippen molar-refractivity contribution in [2.24, 2.45) is 38.7 Å². The number of imidazole rings is 1. The van der Waals surface area contributed by atoms with E-state index >= 15 is 0 Å². The summed E-state index contributed by atoms with van der Waals surface area (Å²) in [5.41, 5.74) is 27.3. The number of carboxylic acids is 1. The van der Waals surface area contributed by atoms with Gasteiger partial charge >= 0.3 is 5.97 Å². The van der Waals surface area contributed by atoms with Gasteiger partial charge < -0.3 is 54.7 Å². The first kappa shape index (κ1) is 30.6. The van der Waals surface area contributed by atoms with Gasteiger partial charge in [0.1, 0.15) is 12.1 Å². The third kappa shape index (κ3) is 13.3. The number of nitrogens with two attached hydrogens (primary N) is 5. The number of nitrogens with one attached hydrogen (secondary N) is 4. The van der Waals surface area contributed by atoms with Gasteiger partial charge in [0, 0.05) is 31.4 Å². The Bertz CT molecular complexity index is 942. The molecule has 0 fully saturated rings. The fourth-order valence-electron chi connectivity index (χ4n) is 3.05. The molecule has 1 rings (SSSR count). The zero-order valence-corrected chi connectivity index (χ0v) is 20.4. The highest BCUT2D eigenvalue weighted by molar-refractivity contribution is 5.92. The normalized spacial score (nSPS) is 12.9. The van der Waals surface area contributed by atoms with Gasteiger partial charge in [0.15, 0.2) is 11.9 Å². The summed E-state index contributed by atoms with van der Waals surface area (Å²) in [6, 6.07) is -3.28. The summed E-state index contributed by atoms with van der Waals surface area (Å²) in [5, 5.41) is 16.8. The van der Waals surface area contributed by atoms with E-state index in [2.05, 4.69) is 35.9 Å².